The molecule has 3 heteroatoms. The van der Waals surface area contributed by atoms with Crippen LogP contribution >= 0.6 is 0 Å². The number of hydrogen-bond acceptors (Lipinski definition) is 2. The number of rotatable bonds is 1. The minimum absolute atomic E-state index is 0.196. The molecular formula is C7H14N2O. The van der Waals surface area contributed by atoms with Gasteiger partial charge in [-0.2, -0.15) is 0 Å². The van der Waals surface area contributed by atoms with Gasteiger partial charge in [0.2, 0.25) is 5.91 Å². The van der Waals surface area contributed by atoms with E-state index in [1.165, 1.54) is 0 Å². The predicted octanol–water partition coefficient (Wildman–Crippen LogP) is -0.268. The number of hydrogen-bond donors (Lipinski definition) is 2. The minimum Gasteiger partial charge on any atom is -0.359 e. The average Bonchev–Trinajstić information content (AvgIpc) is 2.05. The van der Waals surface area contributed by atoms with Crippen molar-refractivity contribution < 1.29 is 4.79 Å². The summed E-state index contributed by atoms with van der Waals surface area (Å²) < 4.78 is 0. The summed E-state index contributed by atoms with van der Waals surface area (Å²) in [7, 11) is 1.70. The third-order valence-corrected chi connectivity index (χ3v) is 1.96. The van der Waals surface area contributed by atoms with Gasteiger partial charge in [0.15, 0.2) is 0 Å². The Labute approximate surface area is 61.2 Å². The lowest BCUT2D eigenvalue weighted by atomic mass is 9.97. The Hall–Kier alpha value is -0.570. The summed E-state index contributed by atoms with van der Waals surface area (Å²) in [5.41, 5.74) is 0. The molecule has 10 heavy (non-hydrogen) atoms. The molecule has 0 bridgehead atoms. The Morgan fingerprint density at radius 2 is 2.10 bits per heavy atom. The van der Waals surface area contributed by atoms with Gasteiger partial charge in [-0.15, -0.1) is 0 Å². The first-order valence-electron chi connectivity index (χ1n) is 3.77. The summed E-state index contributed by atoms with van der Waals surface area (Å²) in [6.07, 6.45) is 1.97. The lowest BCUT2D eigenvalue weighted by Gasteiger charge is -2.20. The van der Waals surface area contributed by atoms with Gasteiger partial charge in [0, 0.05) is 13.0 Å². The first-order valence-corrected chi connectivity index (χ1v) is 3.77. The molecule has 3 nitrogen and oxygen atoms in total. The molecular weight excluding hydrogens is 128 g/mol. The quantitative estimate of drug-likeness (QED) is 0.529. The lowest BCUT2D eigenvalue weighted by Crippen LogP contribution is -2.36. The molecule has 1 rings (SSSR count). The van der Waals surface area contributed by atoms with Crippen LogP contribution in [0.5, 0.6) is 0 Å². The van der Waals surface area contributed by atoms with Crippen molar-refractivity contribution in [3.8, 4) is 0 Å². The van der Waals surface area contributed by atoms with E-state index in [1.807, 2.05) is 0 Å². The van der Waals surface area contributed by atoms with Crippen LogP contribution in [0.3, 0.4) is 0 Å². The van der Waals surface area contributed by atoms with Gasteiger partial charge in [-0.25, -0.2) is 0 Å². The Morgan fingerprint density at radius 1 is 1.50 bits per heavy atom. The number of carbonyl (C=O) groups excluding carboxylic acids is 1. The molecule has 0 aliphatic carbocycles. The Morgan fingerprint density at radius 3 is 2.60 bits per heavy atom. The second-order valence-corrected chi connectivity index (χ2v) is 2.64. The van der Waals surface area contributed by atoms with Crippen molar-refractivity contribution in [3.63, 3.8) is 0 Å². The van der Waals surface area contributed by atoms with Crippen LogP contribution in [0.4, 0.5) is 0 Å². The van der Waals surface area contributed by atoms with Crippen LogP contribution in [0.25, 0.3) is 0 Å². The molecule has 1 fully saturated rings. The fraction of sp³-hybridized carbons (Fsp3) is 0.857. The number of amides is 1. The highest BCUT2D eigenvalue weighted by Crippen LogP contribution is 2.10. The molecule has 58 valence electrons. The first kappa shape index (κ1) is 7.54. The normalized spacial score (nSPS) is 20.5. The predicted molar refractivity (Wildman–Crippen MR) is 39.7 cm³/mol. The molecule has 1 heterocycles. The molecule has 0 saturated carbocycles. The number of piperidine rings is 1. The summed E-state index contributed by atoms with van der Waals surface area (Å²) in [6.45, 7) is 1.97. The van der Waals surface area contributed by atoms with Gasteiger partial charge in [0.1, 0.15) is 0 Å². The van der Waals surface area contributed by atoms with Crippen molar-refractivity contribution in [2.75, 3.05) is 20.1 Å². The lowest BCUT2D eigenvalue weighted by molar-refractivity contribution is -0.125. The standard InChI is InChI=1S/C7H14N2O/c1-8-7(10)6-2-4-9-5-3-6/h6,9H,2-5H2,1H3,(H,8,10). The highest BCUT2D eigenvalue weighted by atomic mass is 16.1. The molecule has 0 aromatic heterocycles. The molecule has 0 unspecified atom stereocenters. The van der Waals surface area contributed by atoms with E-state index in [2.05, 4.69) is 10.6 Å². The van der Waals surface area contributed by atoms with Crippen LogP contribution in [0, 0.1) is 5.92 Å². The topological polar surface area (TPSA) is 41.1 Å². The fourth-order valence-electron chi connectivity index (χ4n) is 1.29. The smallest absolute Gasteiger partial charge is 0.222 e. The molecule has 2 N–H and O–H groups in total. The SMILES string of the molecule is CNC(=O)C1CCNCC1. The van der Waals surface area contributed by atoms with E-state index in [1.54, 1.807) is 7.05 Å². The fourth-order valence-corrected chi connectivity index (χ4v) is 1.29. The van der Waals surface area contributed by atoms with Crippen LogP contribution in [0.2, 0.25) is 0 Å². The molecule has 1 saturated heterocycles. The van der Waals surface area contributed by atoms with Gasteiger partial charge in [-0.1, -0.05) is 0 Å². The van der Waals surface area contributed by atoms with Crippen molar-refractivity contribution >= 4 is 5.91 Å². The summed E-state index contributed by atoms with van der Waals surface area (Å²) in [6, 6.07) is 0. The zero-order valence-electron chi connectivity index (χ0n) is 6.31. The van der Waals surface area contributed by atoms with Gasteiger partial charge in [0.25, 0.3) is 0 Å². The van der Waals surface area contributed by atoms with E-state index < -0.39 is 0 Å². The Kier molecular flexibility index (Phi) is 2.68. The third kappa shape index (κ3) is 1.70. The number of carbonyl (C=O) groups is 1. The van der Waals surface area contributed by atoms with Crippen molar-refractivity contribution in [3.05, 3.63) is 0 Å². The largest absolute Gasteiger partial charge is 0.359 e. The second-order valence-electron chi connectivity index (χ2n) is 2.64. The maximum atomic E-state index is 11.0. The molecule has 0 aromatic carbocycles. The maximum absolute atomic E-state index is 11.0. The molecule has 1 aliphatic heterocycles. The van der Waals surface area contributed by atoms with E-state index >= 15 is 0 Å². The highest BCUT2D eigenvalue weighted by Gasteiger charge is 2.18. The van der Waals surface area contributed by atoms with E-state index in [0.29, 0.717) is 0 Å². The summed E-state index contributed by atoms with van der Waals surface area (Å²) in [5, 5.41) is 5.88. The van der Waals surface area contributed by atoms with Gasteiger partial charge in [-0.3, -0.25) is 4.79 Å². The zero-order chi connectivity index (χ0) is 7.40. The van der Waals surface area contributed by atoms with Crippen molar-refractivity contribution in [1.82, 2.24) is 10.6 Å². The van der Waals surface area contributed by atoms with Gasteiger partial charge >= 0.3 is 0 Å². The van der Waals surface area contributed by atoms with Gasteiger partial charge in [0.05, 0.1) is 0 Å². The van der Waals surface area contributed by atoms with E-state index in [4.69, 9.17) is 0 Å². The molecule has 1 aliphatic rings. The van der Waals surface area contributed by atoms with E-state index in [9.17, 15) is 4.79 Å². The second kappa shape index (κ2) is 3.56. The van der Waals surface area contributed by atoms with E-state index in [-0.39, 0.29) is 11.8 Å². The molecule has 0 atom stereocenters. The van der Waals surface area contributed by atoms with Crippen LogP contribution in [0.15, 0.2) is 0 Å². The maximum Gasteiger partial charge on any atom is 0.222 e. The Bertz CT molecular complexity index is 119. The number of nitrogens with one attached hydrogen (secondary N) is 2. The van der Waals surface area contributed by atoms with Crippen molar-refractivity contribution in [2.45, 2.75) is 12.8 Å². The monoisotopic (exact) mass is 142 g/mol. The van der Waals surface area contributed by atoms with E-state index in [0.717, 1.165) is 25.9 Å². The highest BCUT2D eigenvalue weighted by molar-refractivity contribution is 5.78. The first-order chi connectivity index (χ1) is 4.84. The zero-order valence-corrected chi connectivity index (χ0v) is 6.31. The summed E-state index contributed by atoms with van der Waals surface area (Å²) in [5.74, 6) is 0.452. The molecule has 0 radical (unpaired) electrons. The summed E-state index contributed by atoms with van der Waals surface area (Å²) in [4.78, 5) is 11.0. The third-order valence-electron chi connectivity index (χ3n) is 1.96. The Balaban J connectivity index is 2.31. The molecule has 0 aromatic rings. The molecule has 0 spiro atoms. The average molecular weight is 142 g/mol. The minimum atomic E-state index is 0.196. The van der Waals surface area contributed by atoms with Crippen LogP contribution in [0.1, 0.15) is 12.8 Å². The van der Waals surface area contributed by atoms with Crippen molar-refractivity contribution in [1.29, 1.82) is 0 Å². The van der Waals surface area contributed by atoms with Crippen molar-refractivity contribution in [2.24, 2.45) is 5.92 Å². The molecule has 1 amide bonds. The van der Waals surface area contributed by atoms with Crippen LogP contribution in [-0.2, 0) is 4.79 Å². The van der Waals surface area contributed by atoms with Gasteiger partial charge < -0.3 is 10.6 Å². The van der Waals surface area contributed by atoms with Crippen LogP contribution < -0.4 is 10.6 Å². The van der Waals surface area contributed by atoms with Gasteiger partial charge in [-0.05, 0) is 25.9 Å². The summed E-state index contributed by atoms with van der Waals surface area (Å²) >= 11 is 0. The van der Waals surface area contributed by atoms with Crippen LogP contribution in [-0.4, -0.2) is 26.0 Å².